The predicted molar refractivity (Wildman–Crippen MR) is 88.5 cm³/mol. The molecule has 2 N–H and O–H groups in total. The number of furan rings is 1. The van der Waals surface area contributed by atoms with Crippen molar-refractivity contribution < 1.29 is 14.0 Å². The highest BCUT2D eigenvalue weighted by atomic mass is 16.3. The van der Waals surface area contributed by atoms with Gasteiger partial charge in [0.25, 0.3) is 11.8 Å². The summed E-state index contributed by atoms with van der Waals surface area (Å²) in [6.07, 6.45) is 3.01. The summed E-state index contributed by atoms with van der Waals surface area (Å²) in [7, 11) is 0. The van der Waals surface area contributed by atoms with E-state index in [4.69, 9.17) is 4.42 Å². The molecule has 2 rings (SSSR count). The summed E-state index contributed by atoms with van der Waals surface area (Å²) in [6.45, 7) is 5.61. The molecule has 0 spiro atoms. The fourth-order valence-corrected chi connectivity index (χ4v) is 1.87. The minimum absolute atomic E-state index is 0.128. The van der Waals surface area contributed by atoms with Gasteiger partial charge in [0.2, 0.25) is 0 Å². The molecule has 0 aliphatic heterocycles. The van der Waals surface area contributed by atoms with E-state index in [1.165, 1.54) is 12.3 Å². The normalized spacial score (nSPS) is 11.9. The molecule has 0 aliphatic carbocycles. The van der Waals surface area contributed by atoms with E-state index in [-0.39, 0.29) is 17.5 Å². The first kappa shape index (κ1) is 16.5. The van der Waals surface area contributed by atoms with E-state index < -0.39 is 5.54 Å². The van der Waals surface area contributed by atoms with Crippen molar-refractivity contribution in [1.29, 1.82) is 0 Å². The summed E-state index contributed by atoms with van der Waals surface area (Å²) in [4.78, 5) is 24.7. The van der Waals surface area contributed by atoms with Crippen LogP contribution in [0.15, 0.2) is 58.8 Å². The van der Waals surface area contributed by atoms with Crippen molar-refractivity contribution in [2.75, 3.05) is 0 Å². The summed E-state index contributed by atoms with van der Waals surface area (Å²) >= 11 is 0. The monoisotopic (exact) mass is 312 g/mol. The molecule has 5 heteroatoms. The molecule has 0 unspecified atom stereocenters. The van der Waals surface area contributed by atoms with Crippen molar-refractivity contribution in [3.63, 3.8) is 0 Å². The molecule has 2 aromatic rings. The molecule has 0 saturated carbocycles. The van der Waals surface area contributed by atoms with E-state index in [0.29, 0.717) is 11.3 Å². The number of carbonyl (C=O) groups is 2. The van der Waals surface area contributed by atoms with Gasteiger partial charge in [0.1, 0.15) is 11.5 Å². The van der Waals surface area contributed by atoms with E-state index in [9.17, 15) is 9.59 Å². The van der Waals surface area contributed by atoms with Crippen molar-refractivity contribution >= 4 is 17.9 Å². The van der Waals surface area contributed by atoms with Gasteiger partial charge in [-0.2, -0.15) is 0 Å². The molecule has 1 aromatic carbocycles. The number of rotatable bonds is 4. The Morgan fingerprint density at radius 3 is 2.30 bits per heavy atom. The predicted octanol–water partition coefficient (Wildman–Crippen LogP) is 2.97. The third-order valence-electron chi connectivity index (χ3n) is 2.85. The molecular weight excluding hydrogens is 292 g/mol. The van der Waals surface area contributed by atoms with E-state index in [1.54, 1.807) is 36.4 Å². The summed E-state index contributed by atoms with van der Waals surface area (Å²) in [6, 6.07) is 12.1. The molecule has 1 aromatic heterocycles. The Kier molecular flexibility index (Phi) is 5.01. The van der Waals surface area contributed by atoms with Gasteiger partial charge in [-0.15, -0.1) is 0 Å². The number of amides is 2. The molecular formula is C18H20N2O3. The minimum atomic E-state index is -0.420. The van der Waals surface area contributed by atoms with Crippen molar-refractivity contribution in [3.05, 3.63) is 65.7 Å². The summed E-state index contributed by atoms with van der Waals surface area (Å²) in [5.41, 5.74) is 0.182. The van der Waals surface area contributed by atoms with E-state index in [1.807, 2.05) is 26.8 Å². The standard InChI is InChI=1S/C18H20N2O3/c1-18(2,3)20-17(22)15(12-14-10-7-11-23-14)19-16(21)13-8-5-4-6-9-13/h4-12H,1-3H3,(H,19,21)(H,20,22)/b15-12+. The van der Waals surface area contributed by atoms with Crippen molar-refractivity contribution in [1.82, 2.24) is 10.6 Å². The Labute approximate surface area is 135 Å². The van der Waals surface area contributed by atoms with Gasteiger partial charge in [0, 0.05) is 17.2 Å². The number of hydrogen-bond acceptors (Lipinski definition) is 3. The van der Waals surface area contributed by atoms with Crippen LogP contribution in [0.5, 0.6) is 0 Å². The van der Waals surface area contributed by atoms with Gasteiger partial charge in [-0.25, -0.2) is 0 Å². The average Bonchev–Trinajstić information content (AvgIpc) is 2.98. The zero-order chi connectivity index (χ0) is 16.9. The van der Waals surface area contributed by atoms with Crippen LogP contribution in [0.3, 0.4) is 0 Å². The van der Waals surface area contributed by atoms with Crippen molar-refractivity contribution in [3.8, 4) is 0 Å². The first-order valence-corrected chi connectivity index (χ1v) is 7.29. The Balaban J connectivity index is 2.24. The van der Waals surface area contributed by atoms with Crippen LogP contribution >= 0.6 is 0 Å². The highest BCUT2D eigenvalue weighted by Gasteiger charge is 2.20. The molecule has 23 heavy (non-hydrogen) atoms. The van der Waals surface area contributed by atoms with Crippen LogP contribution in [0, 0.1) is 0 Å². The first-order valence-electron chi connectivity index (χ1n) is 7.29. The molecule has 5 nitrogen and oxygen atoms in total. The van der Waals surface area contributed by atoms with Crippen LogP contribution in [-0.2, 0) is 4.79 Å². The SMILES string of the molecule is CC(C)(C)NC(=O)/C(=C\c1ccco1)NC(=O)c1ccccc1. The largest absolute Gasteiger partial charge is 0.465 e. The number of nitrogens with one attached hydrogen (secondary N) is 2. The fourth-order valence-electron chi connectivity index (χ4n) is 1.87. The van der Waals surface area contributed by atoms with Gasteiger partial charge in [-0.05, 0) is 45.0 Å². The summed E-state index contributed by atoms with van der Waals surface area (Å²) < 4.78 is 5.22. The maximum atomic E-state index is 12.4. The van der Waals surface area contributed by atoms with Gasteiger partial charge in [0.05, 0.1) is 6.26 Å². The van der Waals surface area contributed by atoms with Crippen LogP contribution in [-0.4, -0.2) is 17.4 Å². The van der Waals surface area contributed by atoms with E-state index in [0.717, 1.165) is 0 Å². The van der Waals surface area contributed by atoms with Gasteiger partial charge in [0.15, 0.2) is 0 Å². The summed E-state index contributed by atoms with van der Waals surface area (Å²) in [5, 5.41) is 5.47. The summed E-state index contributed by atoms with van der Waals surface area (Å²) in [5.74, 6) is -0.247. The van der Waals surface area contributed by atoms with Crippen molar-refractivity contribution in [2.24, 2.45) is 0 Å². The Bertz CT molecular complexity index is 696. The highest BCUT2D eigenvalue weighted by molar-refractivity contribution is 6.05. The van der Waals surface area contributed by atoms with Crippen LogP contribution in [0.2, 0.25) is 0 Å². The molecule has 0 bridgehead atoms. The van der Waals surface area contributed by atoms with Crippen molar-refractivity contribution in [2.45, 2.75) is 26.3 Å². The topological polar surface area (TPSA) is 71.3 Å². The Morgan fingerprint density at radius 1 is 1.04 bits per heavy atom. The lowest BCUT2D eigenvalue weighted by atomic mass is 10.1. The first-order chi connectivity index (χ1) is 10.8. The van der Waals surface area contributed by atoms with Crippen LogP contribution in [0.25, 0.3) is 6.08 Å². The highest BCUT2D eigenvalue weighted by Crippen LogP contribution is 2.09. The van der Waals surface area contributed by atoms with Crippen LogP contribution in [0.1, 0.15) is 36.9 Å². The zero-order valence-corrected chi connectivity index (χ0v) is 13.4. The van der Waals surface area contributed by atoms with E-state index >= 15 is 0 Å². The lowest BCUT2D eigenvalue weighted by molar-refractivity contribution is -0.119. The smallest absolute Gasteiger partial charge is 0.268 e. The number of carbonyl (C=O) groups excluding carboxylic acids is 2. The molecule has 1 heterocycles. The number of benzene rings is 1. The second-order valence-electron chi connectivity index (χ2n) is 6.10. The lowest BCUT2D eigenvalue weighted by Gasteiger charge is -2.21. The van der Waals surface area contributed by atoms with Gasteiger partial charge in [-0.3, -0.25) is 9.59 Å². The molecule has 0 radical (unpaired) electrons. The molecule has 2 amide bonds. The van der Waals surface area contributed by atoms with E-state index in [2.05, 4.69) is 10.6 Å². The zero-order valence-electron chi connectivity index (χ0n) is 13.4. The second-order valence-corrected chi connectivity index (χ2v) is 6.10. The van der Waals surface area contributed by atoms with Gasteiger partial charge in [-0.1, -0.05) is 18.2 Å². The number of hydrogen-bond donors (Lipinski definition) is 2. The molecule has 0 atom stereocenters. The molecule has 0 aliphatic rings. The quantitative estimate of drug-likeness (QED) is 0.853. The third kappa shape index (κ3) is 5.14. The third-order valence-corrected chi connectivity index (χ3v) is 2.85. The molecule has 0 saturated heterocycles. The maximum Gasteiger partial charge on any atom is 0.268 e. The lowest BCUT2D eigenvalue weighted by Crippen LogP contribution is -2.44. The second kappa shape index (κ2) is 6.96. The van der Waals surface area contributed by atoms with Crippen LogP contribution in [0.4, 0.5) is 0 Å². The maximum absolute atomic E-state index is 12.4. The molecule has 120 valence electrons. The minimum Gasteiger partial charge on any atom is -0.465 e. The fraction of sp³-hybridized carbons (Fsp3) is 0.222. The molecule has 0 fully saturated rings. The van der Waals surface area contributed by atoms with Gasteiger partial charge >= 0.3 is 0 Å². The Hall–Kier alpha value is -2.82. The Morgan fingerprint density at radius 2 is 1.74 bits per heavy atom. The van der Waals surface area contributed by atoms with Crippen LogP contribution < -0.4 is 10.6 Å². The van der Waals surface area contributed by atoms with Gasteiger partial charge < -0.3 is 15.1 Å². The average molecular weight is 312 g/mol.